The van der Waals surface area contributed by atoms with Crippen LogP contribution in [0.2, 0.25) is 0 Å². The number of alkyl halides is 1. The van der Waals surface area contributed by atoms with Gasteiger partial charge in [-0.3, -0.25) is 9.59 Å². The molecule has 0 aliphatic rings. The zero-order chi connectivity index (χ0) is 13.1. The van der Waals surface area contributed by atoms with Crippen LogP contribution < -0.4 is 5.32 Å². The molecule has 0 radical (unpaired) electrons. The van der Waals surface area contributed by atoms with Crippen molar-refractivity contribution in [2.24, 2.45) is 0 Å². The highest BCUT2D eigenvalue weighted by molar-refractivity contribution is 9.08. The second-order valence-electron chi connectivity index (χ2n) is 3.14. The van der Waals surface area contributed by atoms with Crippen LogP contribution in [0.25, 0.3) is 0 Å². The highest BCUT2D eigenvalue weighted by Crippen LogP contribution is 2.02. The van der Waals surface area contributed by atoms with Crippen LogP contribution in [0.4, 0.5) is 0 Å². The van der Waals surface area contributed by atoms with Gasteiger partial charge in [0.15, 0.2) is 0 Å². The first kappa shape index (κ1) is 15.6. The number of benzene rings is 1. The molecule has 0 fully saturated rings. The van der Waals surface area contributed by atoms with Gasteiger partial charge in [0.2, 0.25) is 5.91 Å². The van der Waals surface area contributed by atoms with Gasteiger partial charge in [-0.2, -0.15) is 0 Å². The fraction of sp³-hybridized carbons (Fsp3) is 0.333. The quantitative estimate of drug-likeness (QED) is 0.838. The van der Waals surface area contributed by atoms with E-state index in [2.05, 4.69) is 33.4 Å². The molecule has 0 aromatic heterocycles. The number of hydrogen-bond donors (Lipinski definition) is 2. The molecule has 0 atom stereocenters. The first-order valence-electron chi connectivity index (χ1n) is 5.18. The van der Waals surface area contributed by atoms with E-state index in [1.807, 2.05) is 18.2 Å². The number of nitrogens with one attached hydrogen (secondary N) is 1. The predicted molar refractivity (Wildman–Crippen MR) is 70.0 cm³/mol. The van der Waals surface area contributed by atoms with Gasteiger partial charge >= 0.3 is 5.97 Å². The van der Waals surface area contributed by atoms with Crippen LogP contribution in [0, 0.1) is 0 Å². The molecule has 5 heteroatoms. The Bertz CT molecular complexity index is 341. The Morgan fingerprint density at radius 1 is 1.29 bits per heavy atom. The summed E-state index contributed by atoms with van der Waals surface area (Å²) in [5.41, 5.74) is 1.33. The molecule has 94 valence electrons. The van der Waals surface area contributed by atoms with Crippen LogP contribution >= 0.6 is 15.9 Å². The van der Waals surface area contributed by atoms with Gasteiger partial charge in [-0.1, -0.05) is 53.2 Å². The molecule has 1 amide bonds. The molecular weight excluding hydrogens is 286 g/mol. The van der Waals surface area contributed by atoms with E-state index in [0.29, 0.717) is 6.42 Å². The van der Waals surface area contributed by atoms with E-state index in [1.165, 1.54) is 5.56 Å². The van der Waals surface area contributed by atoms with Crippen molar-refractivity contribution in [3.05, 3.63) is 35.9 Å². The number of hydrogen-bond acceptors (Lipinski definition) is 2. The van der Waals surface area contributed by atoms with E-state index in [1.54, 1.807) is 6.92 Å². The molecule has 4 nitrogen and oxygen atoms in total. The van der Waals surface area contributed by atoms with Crippen LogP contribution in [0.15, 0.2) is 30.3 Å². The molecule has 1 aromatic rings. The number of carbonyl (C=O) groups is 2. The standard InChI is InChI=1S/C7H7Br.C5H9NO3/c8-6-7-4-2-1-3-5-7;1-2-4(7)6-3-5(8)9/h1-5H,6H2;2-3H2,1H3,(H,6,7)(H,8,9). The Morgan fingerprint density at radius 3 is 2.24 bits per heavy atom. The van der Waals surface area contributed by atoms with Crippen LogP contribution in [0.5, 0.6) is 0 Å². The van der Waals surface area contributed by atoms with E-state index < -0.39 is 5.97 Å². The second kappa shape index (κ2) is 9.84. The van der Waals surface area contributed by atoms with Crippen LogP contribution in [0.1, 0.15) is 18.9 Å². The van der Waals surface area contributed by atoms with Gasteiger partial charge in [-0.05, 0) is 5.56 Å². The molecule has 0 heterocycles. The first-order chi connectivity index (χ1) is 8.10. The van der Waals surface area contributed by atoms with Crippen molar-refractivity contribution >= 4 is 27.8 Å². The molecule has 1 aromatic carbocycles. The summed E-state index contributed by atoms with van der Waals surface area (Å²) >= 11 is 3.36. The summed E-state index contributed by atoms with van der Waals surface area (Å²) in [6.45, 7) is 1.38. The molecular formula is C12H16BrNO3. The maximum absolute atomic E-state index is 10.3. The number of carbonyl (C=O) groups excluding carboxylic acids is 1. The Balaban J connectivity index is 0.000000302. The molecule has 0 unspecified atom stereocenters. The van der Waals surface area contributed by atoms with Gasteiger partial charge in [0.25, 0.3) is 0 Å². The highest BCUT2D eigenvalue weighted by Gasteiger charge is 1.98. The van der Waals surface area contributed by atoms with Crippen molar-refractivity contribution < 1.29 is 14.7 Å². The molecule has 0 spiro atoms. The third kappa shape index (κ3) is 9.56. The van der Waals surface area contributed by atoms with Gasteiger partial charge in [0, 0.05) is 11.8 Å². The monoisotopic (exact) mass is 301 g/mol. The van der Waals surface area contributed by atoms with E-state index in [4.69, 9.17) is 5.11 Å². The Kier molecular flexibility index (Phi) is 9.05. The zero-order valence-electron chi connectivity index (χ0n) is 9.65. The molecule has 0 bridgehead atoms. The van der Waals surface area contributed by atoms with Crippen LogP contribution in [0.3, 0.4) is 0 Å². The minimum atomic E-state index is -1.02. The van der Waals surface area contributed by atoms with E-state index >= 15 is 0 Å². The lowest BCUT2D eigenvalue weighted by Crippen LogP contribution is -2.28. The number of amides is 1. The topological polar surface area (TPSA) is 66.4 Å². The summed E-state index contributed by atoms with van der Waals surface area (Å²) in [6.07, 6.45) is 0.327. The third-order valence-corrected chi connectivity index (χ3v) is 2.40. The van der Waals surface area contributed by atoms with Crippen molar-refractivity contribution in [2.75, 3.05) is 6.54 Å². The molecule has 0 saturated heterocycles. The van der Waals surface area contributed by atoms with Gasteiger partial charge in [-0.25, -0.2) is 0 Å². The molecule has 1 rings (SSSR count). The first-order valence-corrected chi connectivity index (χ1v) is 6.30. The summed E-state index contributed by atoms with van der Waals surface area (Å²) in [7, 11) is 0. The van der Waals surface area contributed by atoms with Crippen molar-refractivity contribution in [1.82, 2.24) is 5.32 Å². The summed E-state index contributed by atoms with van der Waals surface area (Å²) in [5.74, 6) is -1.26. The second-order valence-corrected chi connectivity index (χ2v) is 3.70. The van der Waals surface area contributed by atoms with Gasteiger partial charge in [0.05, 0.1) is 0 Å². The Labute approximate surface area is 109 Å². The van der Waals surface area contributed by atoms with Crippen molar-refractivity contribution in [3.63, 3.8) is 0 Å². The van der Waals surface area contributed by atoms with Crippen molar-refractivity contribution in [2.45, 2.75) is 18.7 Å². The predicted octanol–water partition coefficient (Wildman–Crippen LogP) is 2.18. The summed E-state index contributed by atoms with van der Waals surface area (Å²) in [6, 6.07) is 10.3. The molecule has 0 aliphatic carbocycles. The number of carboxylic acids is 1. The summed E-state index contributed by atoms with van der Waals surface area (Å²) in [4.78, 5) is 20.1. The average molecular weight is 302 g/mol. The molecule has 17 heavy (non-hydrogen) atoms. The van der Waals surface area contributed by atoms with Gasteiger partial charge in [0.1, 0.15) is 6.54 Å². The van der Waals surface area contributed by atoms with E-state index in [0.717, 1.165) is 5.33 Å². The normalized spacial score (nSPS) is 8.82. The lowest BCUT2D eigenvalue weighted by molar-refractivity contribution is -0.137. The highest BCUT2D eigenvalue weighted by atomic mass is 79.9. The molecule has 0 aliphatic heterocycles. The summed E-state index contributed by atoms with van der Waals surface area (Å²) < 4.78 is 0. The maximum Gasteiger partial charge on any atom is 0.322 e. The third-order valence-electron chi connectivity index (χ3n) is 1.76. The fourth-order valence-corrected chi connectivity index (χ4v) is 1.24. The number of halogens is 1. The average Bonchev–Trinajstić information content (AvgIpc) is 2.37. The Hall–Kier alpha value is -1.36. The largest absolute Gasteiger partial charge is 0.480 e. The number of carboxylic acid groups (broad SMARTS) is 1. The van der Waals surface area contributed by atoms with Gasteiger partial charge in [-0.15, -0.1) is 0 Å². The SMILES string of the molecule is BrCc1ccccc1.CCC(=O)NCC(=O)O. The molecule has 0 saturated carbocycles. The van der Waals surface area contributed by atoms with Gasteiger partial charge < -0.3 is 10.4 Å². The lowest BCUT2D eigenvalue weighted by Gasteiger charge is -1.95. The maximum atomic E-state index is 10.3. The minimum absolute atomic E-state index is 0.239. The summed E-state index contributed by atoms with van der Waals surface area (Å²) in [5, 5.41) is 11.2. The number of rotatable bonds is 4. The Morgan fingerprint density at radius 2 is 1.88 bits per heavy atom. The fourth-order valence-electron chi connectivity index (χ4n) is 0.866. The van der Waals surface area contributed by atoms with Crippen molar-refractivity contribution in [1.29, 1.82) is 0 Å². The van der Waals surface area contributed by atoms with E-state index in [-0.39, 0.29) is 12.5 Å². The number of aliphatic carboxylic acids is 1. The lowest BCUT2D eigenvalue weighted by atomic mass is 10.2. The molecule has 2 N–H and O–H groups in total. The van der Waals surface area contributed by atoms with E-state index in [9.17, 15) is 9.59 Å². The van der Waals surface area contributed by atoms with Crippen molar-refractivity contribution in [3.8, 4) is 0 Å². The van der Waals surface area contributed by atoms with Crippen LogP contribution in [-0.4, -0.2) is 23.5 Å². The van der Waals surface area contributed by atoms with Crippen LogP contribution in [-0.2, 0) is 14.9 Å². The minimum Gasteiger partial charge on any atom is -0.480 e. The smallest absolute Gasteiger partial charge is 0.322 e. The zero-order valence-corrected chi connectivity index (χ0v) is 11.2.